The molecule has 0 saturated carbocycles. The average Bonchev–Trinajstić information content (AvgIpc) is 2.63. The minimum atomic E-state index is -0.280. The number of amides is 1. The minimum absolute atomic E-state index is 0.0992. The van der Waals surface area contributed by atoms with Crippen LogP contribution in [0.4, 0.5) is 4.79 Å². The number of carbonyl (C=O) groups is 1. The van der Waals surface area contributed by atoms with Crippen LogP contribution in [0.2, 0.25) is 0 Å². The van der Waals surface area contributed by atoms with Gasteiger partial charge < -0.3 is 14.7 Å². The van der Waals surface area contributed by atoms with Crippen LogP contribution in [-0.4, -0.2) is 42.4 Å². The summed E-state index contributed by atoms with van der Waals surface area (Å²) in [5, 5.41) is 8.50. The molecular weight excluding hydrogens is 182 g/mol. The van der Waals surface area contributed by atoms with E-state index >= 15 is 0 Å². The zero-order valence-electron chi connectivity index (χ0n) is 8.74. The third kappa shape index (κ3) is 3.18. The Morgan fingerprint density at radius 2 is 2.43 bits per heavy atom. The summed E-state index contributed by atoms with van der Waals surface area (Å²) in [7, 11) is 0. The lowest BCUT2D eigenvalue weighted by Crippen LogP contribution is -2.30. The third-order valence-electron chi connectivity index (χ3n) is 2.56. The van der Waals surface area contributed by atoms with Crippen LogP contribution in [0.3, 0.4) is 0 Å². The second-order valence-electron chi connectivity index (χ2n) is 3.73. The van der Waals surface area contributed by atoms with Crippen molar-refractivity contribution in [1.29, 1.82) is 0 Å². The van der Waals surface area contributed by atoms with Crippen molar-refractivity contribution in [3.63, 3.8) is 0 Å². The lowest BCUT2D eigenvalue weighted by molar-refractivity contribution is 0.0895. The number of carbonyl (C=O) groups excluding carboxylic acids is 1. The van der Waals surface area contributed by atoms with E-state index in [0.717, 1.165) is 19.5 Å². The van der Waals surface area contributed by atoms with E-state index in [-0.39, 0.29) is 19.3 Å². The molecule has 1 amide bonds. The van der Waals surface area contributed by atoms with E-state index in [4.69, 9.17) is 9.84 Å². The Hall–Kier alpha value is -0.770. The summed E-state index contributed by atoms with van der Waals surface area (Å²) in [6.07, 6.45) is 3.16. The lowest BCUT2D eigenvalue weighted by Gasteiger charge is -2.15. The Balaban J connectivity index is 2.23. The van der Waals surface area contributed by atoms with E-state index in [2.05, 4.69) is 6.92 Å². The molecule has 1 aliphatic heterocycles. The van der Waals surface area contributed by atoms with Gasteiger partial charge in [-0.25, -0.2) is 4.79 Å². The Bertz CT molecular complexity index is 184. The van der Waals surface area contributed by atoms with Crippen LogP contribution in [0.25, 0.3) is 0 Å². The van der Waals surface area contributed by atoms with Crippen molar-refractivity contribution < 1.29 is 14.6 Å². The minimum Gasteiger partial charge on any atom is -0.447 e. The first-order valence-electron chi connectivity index (χ1n) is 5.30. The Morgan fingerprint density at radius 3 is 3.07 bits per heavy atom. The van der Waals surface area contributed by atoms with Crippen molar-refractivity contribution in [3.8, 4) is 0 Å². The summed E-state index contributed by atoms with van der Waals surface area (Å²) >= 11 is 0. The number of hydrogen-bond donors (Lipinski definition) is 1. The molecule has 1 aliphatic rings. The van der Waals surface area contributed by atoms with Crippen molar-refractivity contribution in [2.24, 2.45) is 5.92 Å². The van der Waals surface area contributed by atoms with Gasteiger partial charge >= 0.3 is 6.09 Å². The van der Waals surface area contributed by atoms with E-state index in [1.165, 1.54) is 12.8 Å². The van der Waals surface area contributed by atoms with Gasteiger partial charge in [-0.05, 0) is 18.8 Å². The summed E-state index contributed by atoms with van der Waals surface area (Å²) in [5.41, 5.74) is 0. The Morgan fingerprint density at radius 1 is 1.64 bits per heavy atom. The molecule has 14 heavy (non-hydrogen) atoms. The smallest absolute Gasteiger partial charge is 0.409 e. The first-order chi connectivity index (χ1) is 6.77. The monoisotopic (exact) mass is 201 g/mol. The third-order valence-corrected chi connectivity index (χ3v) is 2.56. The molecule has 1 fully saturated rings. The quantitative estimate of drug-likeness (QED) is 0.744. The number of likely N-dealkylation sites (tertiary alicyclic amines) is 1. The van der Waals surface area contributed by atoms with Gasteiger partial charge in [0.2, 0.25) is 0 Å². The molecule has 1 atom stereocenters. The van der Waals surface area contributed by atoms with E-state index in [1.54, 1.807) is 4.90 Å². The van der Waals surface area contributed by atoms with Gasteiger partial charge in [0.25, 0.3) is 0 Å². The van der Waals surface area contributed by atoms with Gasteiger partial charge in [0.1, 0.15) is 6.61 Å². The maximum Gasteiger partial charge on any atom is 0.409 e. The Kier molecular flexibility index (Phi) is 4.73. The van der Waals surface area contributed by atoms with Gasteiger partial charge in [-0.15, -0.1) is 0 Å². The highest BCUT2D eigenvalue weighted by atomic mass is 16.6. The first kappa shape index (κ1) is 11.3. The highest BCUT2D eigenvalue weighted by molar-refractivity contribution is 5.67. The number of aliphatic hydroxyl groups excluding tert-OH is 1. The molecule has 4 nitrogen and oxygen atoms in total. The summed E-state index contributed by atoms with van der Waals surface area (Å²) in [4.78, 5) is 13.1. The maximum absolute atomic E-state index is 11.3. The van der Waals surface area contributed by atoms with Gasteiger partial charge in [-0.3, -0.25) is 0 Å². The topological polar surface area (TPSA) is 49.8 Å². The zero-order chi connectivity index (χ0) is 10.4. The van der Waals surface area contributed by atoms with E-state index < -0.39 is 0 Å². The van der Waals surface area contributed by atoms with Crippen molar-refractivity contribution in [2.45, 2.75) is 26.2 Å². The summed E-state index contributed by atoms with van der Waals surface area (Å²) in [5.74, 6) is 0.640. The van der Waals surface area contributed by atoms with Gasteiger partial charge in [0.05, 0.1) is 6.61 Å². The molecule has 1 rings (SSSR count). The van der Waals surface area contributed by atoms with Crippen LogP contribution >= 0.6 is 0 Å². The number of rotatable bonds is 4. The van der Waals surface area contributed by atoms with E-state index in [9.17, 15) is 4.79 Å². The molecule has 0 radical (unpaired) electrons. The summed E-state index contributed by atoms with van der Waals surface area (Å²) < 4.78 is 4.84. The molecule has 0 aliphatic carbocycles. The molecule has 0 aromatic heterocycles. The maximum atomic E-state index is 11.3. The number of aliphatic hydroxyl groups is 1. The highest BCUT2D eigenvalue weighted by Crippen LogP contribution is 2.21. The summed E-state index contributed by atoms with van der Waals surface area (Å²) in [6, 6.07) is 0. The molecule has 0 bridgehead atoms. The largest absolute Gasteiger partial charge is 0.447 e. The molecule has 4 heteroatoms. The average molecular weight is 201 g/mol. The predicted octanol–water partition coefficient (Wildman–Crippen LogP) is 1.24. The van der Waals surface area contributed by atoms with Crippen LogP contribution in [0.15, 0.2) is 0 Å². The summed E-state index contributed by atoms with van der Waals surface area (Å²) in [6.45, 7) is 3.78. The van der Waals surface area contributed by atoms with E-state index in [0.29, 0.717) is 5.92 Å². The van der Waals surface area contributed by atoms with Gasteiger partial charge in [0, 0.05) is 13.1 Å². The van der Waals surface area contributed by atoms with Gasteiger partial charge in [0.15, 0.2) is 0 Å². The highest BCUT2D eigenvalue weighted by Gasteiger charge is 2.26. The number of ether oxygens (including phenoxy) is 1. The predicted molar refractivity (Wildman–Crippen MR) is 53.0 cm³/mol. The second-order valence-corrected chi connectivity index (χ2v) is 3.73. The van der Waals surface area contributed by atoms with Crippen molar-refractivity contribution in [3.05, 3.63) is 0 Å². The van der Waals surface area contributed by atoms with E-state index in [1.807, 2.05) is 0 Å². The fourth-order valence-electron chi connectivity index (χ4n) is 1.87. The number of hydrogen-bond acceptors (Lipinski definition) is 3. The number of nitrogens with zero attached hydrogens (tertiary/aromatic N) is 1. The van der Waals surface area contributed by atoms with Crippen LogP contribution in [0, 0.1) is 5.92 Å². The molecule has 1 heterocycles. The van der Waals surface area contributed by atoms with Gasteiger partial charge in [-0.1, -0.05) is 13.3 Å². The lowest BCUT2D eigenvalue weighted by atomic mass is 10.0. The van der Waals surface area contributed by atoms with Crippen LogP contribution in [-0.2, 0) is 4.74 Å². The van der Waals surface area contributed by atoms with Gasteiger partial charge in [-0.2, -0.15) is 0 Å². The van der Waals surface area contributed by atoms with Crippen molar-refractivity contribution in [2.75, 3.05) is 26.3 Å². The fraction of sp³-hybridized carbons (Fsp3) is 0.900. The second kappa shape index (κ2) is 5.86. The molecule has 1 unspecified atom stereocenters. The standard InChI is InChI=1S/C10H19NO3/c1-2-3-9-4-5-11(8-9)10(13)14-7-6-12/h9,12H,2-8H2,1H3. The molecule has 0 aromatic carbocycles. The molecule has 1 saturated heterocycles. The molecule has 0 aromatic rings. The van der Waals surface area contributed by atoms with Crippen LogP contribution in [0.1, 0.15) is 26.2 Å². The van der Waals surface area contributed by atoms with Crippen LogP contribution in [0.5, 0.6) is 0 Å². The Labute approximate surface area is 84.8 Å². The first-order valence-corrected chi connectivity index (χ1v) is 5.30. The fourth-order valence-corrected chi connectivity index (χ4v) is 1.87. The molecular formula is C10H19NO3. The molecule has 82 valence electrons. The normalized spacial score (nSPS) is 21.3. The van der Waals surface area contributed by atoms with Crippen molar-refractivity contribution >= 4 is 6.09 Å². The zero-order valence-corrected chi connectivity index (χ0v) is 8.74. The molecule has 0 spiro atoms. The SMILES string of the molecule is CCCC1CCN(C(=O)OCCO)C1. The van der Waals surface area contributed by atoms with Crippen molar-refractivity contribution in [1.82, 2.24) is 4.90 Å². The van der Waals surface area contributed by atoms with Crippen LogP contribution < -0.4 is 0 Å². The molecule has 1 N–H and O–H groups in total.